The van der Waals surface area contributed by atoms with Crippen LogP contribution >= 0.6 is 27.7 Å². The number of alkyl halides is 1. The Kier molecular flexibility index (Phi) is 5.17. The van der Waals surface area contributed by atoms with E-state index < -0.39 is 0 Å². The molecule has 0 radical (unpaired) electrons. The average molecular weight is 266 g/mol. The maximum atomic E-state index is 11.2. The van der Waals surface area contributed by atoms with Crippen molar-refractivity contribution in [1.29, 1.82) is 0 Å². The van der Waals surface area contributed by atoms with E-state index in [-0.39, 0.29) is 5.91 Å². The number of carbonyl (C=O) groups is 1. The van der Waals surface area contributed by atoms with E-state index >= 15 is 0 Å². The van der Waals surface area contributed by atoms with Crippen LogP contribution < -0.4 is 5.32 Å². The van der Waals surface area contributed by atoms with Crippen molar-refractivity contribution in [2.24, 2.45) is 0 Å². The molecule has 0 unspecified atom stereocenters. The summed E-state index contributed by atoms with van der Waals surface area (Å²) in [7, 11) is 0. The summed E-state index contributed by atoms with van der Waals surface area (Å²) in [6.07, 6.45) is 6.56. The molecular weight excluding hydrogens is 250 g/mol. The lowest BCUT2D eigenvalue weighted by atomic mass is 9.95. The predicted octanol–water partition coefficient (Wildman–Crippen LogP) is 2.17. The quantitative estimate of drug-likeness (QED) is 0.793. The van der Waals surface area contributed by atoms with Crippen molar-refractivity contribution in [3.63, 3.8) is 0 Å². The van der Waals surface area contributed by atoms with Gasteiger partial charge in [-0.25, -0.2) is 0 Å². The summed E-state index contributed by atoms with van der Waals surface area (Å²) in [4.78, 5) is 11.9. The molecule has 1 N–H and O–H groups in total. The summed E-state index contributed by atoms with van der Waals surface area (Å²) in [5.74, 6) is 0.777. The van der Waals surface area contributed by atoms with Gasteiger partial charge in [0.25, 0.3) is 0 Å². The fourth-order valence-corrected chi connectivity index (χ4v) is 2.47. The zero-order valence-electron chi connectivity index (χ0n) is 7.88. The van der Waals surface area contributed by atoms with Gasteiger partial charge in [-0.05, 0) is 31.9 Å². The van der Waals surface area contributed by atoms with Crippen molar-refractivity contribution in [1.82, 2.24) is 5.32 Å². The number of hydrogen-bond donors (Lipinski definition) is 1. The summed E-state index contributed by atoms with van der Waals surface area (Å²) < 4.78 is 0. The van der Waals surface area contributed by atoms with Gasteiger partial charge in [-0.2, -0.15) is 11.8 Å². The Morgan fingerprint density at radius 2 is 2.08 bits per heavy atom. The van der Waals surface area contributed by atoms with E-state index in [2.05, 4.69) is 21.2 Å². The fourth-order valence-electron chi connectivity index (χ4n) is 1.60. The number of carbonyl (C=O) groups excluding carboxylic acids is 1. The topological polar surface area (TPSA) is 29.1 Å². The summed E-state index contributed by atoms with van der Waals surface area (Å²) >= 11 is 5.17. The van der Waals surface area contributed by atoms with E-state index in [1.54, 1.807) is 11.8 Å². The molecule has 0 aliphatic heterocycles. The Balaban J connectivity index is 2.18. The molecule has 0 aromatic rings. The molecule has 0 aromatic heterocycles. The highest BCUT2D eigenvalue weighted by molar-refractivity contribution is 9.09. The highest BCUT2D eigenvalue weighted by Gasteiger charge is 2.19. The Bertz CT molecular complexity index is 169. The summed E-state index contributed by atoms with van der Waals surface area (Å²) in [5.41, 5.74) is 0. The van der Waals surface area contributed by atoms with E-state index in [1.165, 1.54) is 12.8 Å². The van der Waals surface area contributed by atoms with Crippen LogP contribution in [0.25, 0.3) is 0 Å². The van der Waals surface area contributed by atoms with Crippen molar-refractivity contribution >= 4 is 33.6 Å². The van der Waals surface area contributed by atoms with E-state index in [4.69, 9.17) is 0 Å². The van der Waals surface area contributed by atoms with Crippen LogP contribution in [0.15, 0.2) is 0 Å². The third-order valence-electron chi connectivity index (χ3n) is 2.30. The molecule has 13 heavy (non-hydrogen) atoms. The zero-order chi connectivity index (χ0) is 9.68. The molecule has 0 atom stereocenters. The summed E-state index contributed by atoms with van der Waals surface area (Å²) in [6.45, 7) is 0. The Morgan fingerprint density at radius 1 is 1.46 bits per heavy atom. The number of nitrogens with one attached hydrogen (secondary N) is 1. The minimum absolute atomic E-state index is 0.186. The van der Waals surface area contributed by atoms with Crippen LogP contribution in [0.2, 0.25) is 0 Å². The first-order valence-corrected chi connectivity index (χ1v) is 6.95. The van der Waals surface area contributed by atoms with Gasteiger partial charge in [0.1, 0.15) is 0 Å². The van der Waals surface area contributed by atoms with Gasteiger partial charge >= 0.3 is 0 Å². The van der Waals surface area contributed by atoms with Crippen molar-refractivity contribution in [3.05, 3.63) is 0 Å². The van der Waals surface area contributed by atoms with Gasteiger partial charge in [-0.15, -0.1) is 0 Å². The highest BCUT2D eigenvalue weighted by Crippen LogP contribution is 2.24. The van der Waals surface area contributed by atoms with Gasteiger partial charge < -0.3 is 5.32 Å². The van der Waals surface area contributed by atoms with Crippen LogP contribution in [0.1, 0.15) is 25.7 Å². The number of amides is 1. The largest absolute Gasteiger partial charge is 0.353 e. The first kappa shape index (κ1) is 11.4. The molecule has 1 aliphatic carbocycles. The van der Waals surface area contributed by atoms with Crippen molar-refractivity contribution in [3.8, 4) is 0 Å². The molecule has 0 saturated heterocycles. The van der Waals surface area contributed by atoms with Gasteiger partial charge in [-0.1, -0.05) is 15.9 Å². The van der Waals surface area contributed by atoms with Crippen LogP contribution in [0.4, 0.5) is 0 Å². The second-order valence-electron chi connectivity index (χ2n) is 3.45. The van der Waals surface area contributed by atoms with Crippen LogP contribution in [0, 0.1) is 0 Å². The van der Waals surface area contributed by atoms with Crippen molar-refractivity contribution in [2.75, 3.05) is 12.0 Å². The molecule has 1 rings (SSSR count). The standard InChI is InChI=1S/C9H16BrNOS/c1-13-6-9(12)11-8-4-2-7(10)3-5-8/h7-8H,2-6H2,1H3,(H,11,12). The number of hydrogen-bond acceptors (Lipinski definition) is 2. The molecule has 4 heteroatoms. The smallest absolute Gasteiger partial charge is 0.230 e. The maximum absolute atomic E-state index is 11.2. The third kappa shape index (κ3) is 4.36. The Hall–Kier alpha value is 0.300. The lowest BCUT2D eigenvalue weighted by Gasteiger charge is -2.25. The van der Waals surface area contributed by atoms with E-state index in [0.29, 0.717) is 16.6 Å². The average Bonchev–Trinajstić information content (AvgIpc) is 2.09. The van der Waals surface area contributed by atoms with Crippen LogP contribution in [0.3, 0.4) is 0 Å². The van der Waals surface area contributed by atoms with Gasteiger partial charge in [0.05, 0.1) is 5.75 Å². The molecule has 0 aromatic carbocycles. The number of rotatable bonds is 3. The molecule has 0 spiro atoms. The third-order valence-corrected chi connectivity index (χ3v) is 3.76. The van der Waals surface area contributed by atoms with E-state index in [9.17, 15) is 4.79 Å². The highest BCUT2D eigenvalue weighted by atomic mass is 79.9. The normalized spacial score (nSPS) is 28.5. The molecule has 0 heterocycles. The van der Waals surface area contributed by atoms with E-state index in [0.717, 1.165) is 12.8 Å². The second-order valence-corrected chi connectivity index (χ2v) is 5.61. The molecule has 1 fully saturated rings. The molecule has 1 aliphatic rings. The summed E-state index contributed by atoms with van der Waals surface area (Å²) in [6, 6.07) is 0.424. The maximum Gasteiger partial charge on any atom is 0.230 e. The summed E-state index contributed by atoms with van der Waals surface area (Å²) in [5, 5.41) is 3.06. The van der Waals surface area contributed by atoms with Gasteiger partial charge in [-0.3, -0.25) is 4.79 Å². The van der Waals surface area contributed by atoms with Gasteiger partial charge in [0.15, 0.2) is 0 Å². The van der Waals surface area contributed by atoms with Crippen molar-refractivity contribution < 1.29 is 4.79 Å². The Labute approximate surface area is 92.4 Å². The second kappa shape index (κ2) is 5.91. The Morgan fingerprint density at radius 3 is 2.62 bits per heavy atom. The molecule has 1 saturated carbocycles. The lowest BCUT2D eigenvalue weighted by molar-refractivity contribution is -0.119. The fraction of sp³-hybridized carbons (Fsp3) is 0.889. The van der Waals surface area contributed by atoms with Crippen LogP contribution in [0.5, 0.6) is 0 Å². The van der Waals surface area contributed by atoms with Crippen molar-refractivity contribution in [2.45, 2.75) is 36.6 Å². The molecule has 76 valence electrons. The van der Waals surface area contributed by atoms with Crippen LogP contribution in [-0.2, 0) is 4.79 Å². The minimum atomic E-state index is 0.186. The van der Waals surface area contributed by atoms with Gasteiger partial charge in [0.2, 0.25) is 5.91 Å². The van der Waals surface area contributed by atoms with Crippen LogP contribution in [-0.4, -0.2) is 28.8 Å². The van der Waals surface area contributed by atoms with E-state index in [1.807, 2.05) is 6.26 Å². The SMILES string of the molecule is CSCC(=O)NC1CCC(Br)CC1. The lowest BCUT2D eigenvalue weighted by Crippen LogP contribution is -2.38. The molecule has 1 amide bonds. The predicted molar refractivity (Wildman–Crippen MR) is 61.5 cm³/mol. The molecule has 2 nitrogen and oxygen atoms in total. The number of halogens is 1. The van der Waals surface area contributed by atoms with Gasteiger partial charge in [0, 0.05) is 10.9 Å². The first-order valence-electron chi connectivity index (χ1n) is 4.64. The zero-order valence-corrected chi connectivity index (χ0v) is 10.3. The minimum Gasteiger partial charge on any atom is -0.353 e. The first-order chi connectivity index (χ1) is 6.22. The number of thioether (sulfide) groups is 1. The monoisotopic (exact) mass is 265 g/mol. The molecular formula is C9H16BrNOS. The molecule has 0 bridgehead atoms.